The molecule has 0 saturated carbocycles. The Morgan fingerprint density at radius 1 is 1.62 bits per heavy atom. The van der Waals surface area contributed by atoms with Gasteiger partial charge in [0.05, 0.1) is 0 Å². The minimum absolute atomic E-state index is 0.329. The molecule has 4 N–H and O–H groups in total. The van der Waals surface area contributed by atoms with Crippen LogP contribution in [0.3, 0.4) is 0 Å². The van der Waals surface area contributed by atoms with Crippen LogP contribution >= 0.6 is 0 Å². The summed E-state index contributed by atoms with van der Waals surface area (Å²) >= 11 is 0. The summed E-state index contributed by atoms with van der Waals surface area (Å²) in [5.41, 5.74) is 1.41. The van der Waals surface area contributed by atoms with Crippen LogP contribution in [0, 0.1) is 0 Å². The van der Waals surface area contributed by atoms with E-state index in [0.717, 1.165) is 6.42 Å². The van der Waals surface area contributed by atoms with E-state index in [1.54, 1.807) is 0 Å². The highest BCUT2D eigenvalue weighted by atomic mass is 16.2. The monoisotopic (exact) mass is 184 g/mol. The zero-order chi connectivity index (χ0) is 9.84. The lowest BCUT2D eigenvalue weighted by molar-refractivity contribution is 0.637. The third kappa shape index (κ3) is 1.97. The van der Waals surface area contributed by atoms with E-state index in [0.29, 0.717) is 12.4 Å². The lowest BCUT2D eigenvalue weighted by atomic mass is 10.4. The maximum Gasteiger partial charge on any atom is 0.329 e. The molecule has 72 valence electrons. The van der Waals surface area contributed by atoms with Crippen molar-refractivity contribution < 1.29 is 0 Å². The molecule has 6 nitrogen and oxygen atoms in total. The van der Waals surface area contributed by atoms with Crippen molar-refractivity contribution in [2.75, 3.05) is 5.43 Å². The van der Waals surface area contributed by atoms with Crippen molar-refractivity contribution >= 4 is 5.82 Å². The second kappa shape index (κ2) is 3.90. The molecule has 0 aliphatic rings. The number of hydrogen-bond donors (Lipinski definition) is 3. The lowest BCUT2D eigenvalue weighted by Gasteiger charge is -2.08. The van der Waals surface area contributed by atoms with E-state index in [2.05, 4.69) is 10.4 Å². The molecule has 0 saturated heterocycles. The van der Waals surface area contributed by atoms with Crippen molar-refractivity contribution in [3.05, 3.63) is 26.9 Å². The first-order valence-corrected chi connectivity index (χ1v) is 3.99. The van der Waals surface area contributed by atoms with E-state index in [1.807, 2.05) is 6.92 Å². The summed E-state index contributed by atoms with van der Waals surface area (Å²) in [5, 5.41) is 0. The molecule has 0 bridgehead atoms. The van der Waals surface area contributed by atoms with Crippen molar-refractivity contribution in [3.63, 3.8) is 0 Å². The Morgan fingerprint density at radius 2 is 2.31 bits per heavy atom. The van der Waals surface area contributed by atoms with Crippen molar-refractivity contribution in [1.82, 2.24) is 9.55 Å². The van der Waals surface area contributed by atoms with Crippen molar-refractivity contribution in [2.45, 2.75) is 19.9 Å². The topological polar surface area (TPSA) is 92.9 Å². The summed E-state index contributed by atoms with van der Waals surface area (Å²) in [7, 11) is 0. The fourth-order valence-corrected chi connectivity index (χ4v) is 1.09. The average Bonchev–Trinajstić information content (AvgIpc) is 2.09. The number of nitrogens with two attached hydrogens (primary N) is 1. The number of H-pyrrole nitrogens is 1. The first-order chi connectivity index (χ1) is 6.19. The summed E-state index contributed by atoms with van der Waals surface area (Å²) in [6.07, 6.45) is 0.792. The van der Waals surface area contributed by atoms with E-state index >= 15 is 0 Å². The Hall–Kier alpha value is -1.56. The molecule has 6 heteroatoms. The van der Waals surface area contributed by atoms with E-state index in [1.165, 1.54) is 10.6 Å². The van der Waals surface area contributed by atoms with Gasteiger partial charge in [0.1, 0.15) is 5.82 Å². The van der Waals surface area contributed by atoms with Crippen LogP contribution in [-0.4, -0.2) is 9.55 Å². The third-order valence-corrected chi connectivity index (χ3v) is 1.63. The summed E-state index contributed by atoms with van der Waals surface area (Å²) in [6.45, 7) is 2.45. The maximum absolute atomic E-state index is 11.2. The van der Waals surface area contributed by atoms with Gasteiger partial charge in [-0.15, -0.1) is 0 Å². The van der Waals surface area contributed by atoms with Crippen LogP contribution in [0.4, 0.5) is 5.82 Å². The minimum atomic E-state index is -0.453. The number of hydrazine groups is 1. The van der Waals surface area contributed by atoms with Gasteiger partial charge in [-0.2, -0.15) is 0 Å². The molecule has 1 aromatic heterocycles. The van der Waals surface area contributed by atoms with Gasteiger partial charge < -0.3 is 5.43 Å². The smallest absolute Gasteiger partial charge is 0.310 e. The molecule has 0 aromatic carbocycles. The highest BCUT2D eigenvalue weighted by Gasteiger charge is 2.02. The largest absolute Gasteiger partial charge is 0.329 e. The van der Waals surface area contributed by atoms with Crippen LogP contribution in [0.1, 0.15) is 13.3 Å². The third-order valence-electron chi connectivity index (χ3n) is 1.63. The first kappa shape index (κ1) is 9.53. The SMILES string of the molecule is CCCn1c(NN)cc(=O)[nH]c1=O. The molecule has 0 radical (unpaired) electrons. The van der Waals surface area contributed by atoms with Gasteiger partial charge in [-0.05, 0) is 6.42 Å². The van der Waals surface area contributed by atoms with Crippen LogP contribution < -0.4 is 22.5 Å². The molecule has 0 fully saturated rings. The summed E-state index contributed by atoms with van der Waals surface area (Å²) in [5.74, 6) is 5.49. The fourth-order valence-electron chi connectivity index (χ4n) is 1.09. The first-order valence-electron chi connectivity index (χ1n) is 3.99. The second-order valence-corrected chi connectivity index (χ2v) is 2.62. The Bertz CT molecular complexity index is 392. The van der Waals surface area contributed by atoms with Crippen LogP contribution in [-0.2, 0) is 6.54 Å². The molecule has 1 heterocycles. The van der Waals surface area contributed by atoms with Gasteiger partial charge in [0.25, 0.3) is 5.56 Å². The van der Waals surface area contributed by atoms with E-state index in [4.69, 9.17) is 5.84 Å². The predicted molar refractivity (Wildman–Crippen MR) is 49.4 cm³/mol. The van der Waals surface area contributed by atoms with Crippen LogP contribution in [0.15, 0.2) is 15.7 Å². The number of nitrogens with one attached hydrogen (secondary N) is 2. The van der Waals surface area contributed by atoms with Gasteiger partial charge in [0, 0.05) is 12.6 Å². The van der Waals surface area contributed by atoms with Gasteiger partial charge in [-0.25, -0.2) is 10.6 Å². The molecule has 0 spiro atoms. The average molecular weight is 184 g/mol. The molecule has 0 unspecified atom stereocenters. The van der Waals surface area contributed by atoms with E-state index < -0.39 is 11.2 Å². The van der Waals surface area contributed by atoms with Crippen LogP contribution in [0.25, 0.3) is 0 Å². The standard InChI is InChI=1S/C7H12N4O2/c1-2-3-11-5(10-8)4-6(12)9-7(11)13/h4,10H,2-3,8H2,1H3,(H,9,12,13). The van der Waals surface area contributed by atoms with Crippen LogP contribution in [0.2, 0.25) is 0 Å². The quantitative estimate of drug-likeness (QED) is 0.425. The van der Waals surface area contributed by atoms with Gasteiger partial charge in [-0.1, -0.05) is 6.92 Å². The molecule has 0 atom stereocenters. The Kier molecular flexibility index (Phi) is 2.86. The highest BCUT2D eigenvalue weighted by molar-refractivity contribution is 5.31. The Balaban J connectivity index is 3.30. The lowest BCUT2D eigenvalue weighted by Crippen LogP contribution is -2.32. The molecule has 0 amide bonds. The fraction of sp³-hybridized carbons (Fsp3) is 0.429. The number of aromatic amines is 1. The number of hydrogen-bond acceptors (Lipinski definition) is 4. The van der Waals surface area contributed by atoms with Crippen molar-refractivity contribution in [3.8, 4) is 0 Å². The molecule has 1 aromatic rings. The number of nitrogen functional groups attached to an aromatic ring is 1. The summed E-state index contributed by atoms with van der Waals surface area (Å²) < 4.78 is 1.38. The second-order valence-electron chi connectivity index (χ2n) is 2.62. The molecular formula is C7H12N4O2. The molecule has 1 rings (SSSR count). The maximum atomic E-state index is 11.2. The van der Waals surface area contributed by atoms with Crippen molar-refractivity contribution in [1.29, 1.82) is 0 Å². The summed E-state index contributed by atoms with van der Waals surface area (Å²) in [4.78, 5) is 24.2. The Morgan fingerprint density at radius 3 is 2.85 bits per heavy atom. The predicted octanol–water partition coefficient (Wildman–Crippen LogP) is -0.768. The normalized spacial score (nSPS) is 10.0. The number of anilines is 1. The molecule has 0 aliphatic carbocycles. The Labute approximate surface area is 74.4 Å². The van der Waals surface area contributed by atoms with E-state index in [-0.39, 0.29) is 0 Å². The summed E-state index contributed by atoms with van der Waals surface area (Å²) in [6, 6.07) is 1.25. The van der Waals surface area contributed by atoms with Crippen LogP contribution in [0.5, 0.6) is 0 Å². The van der Waals surface area contributed by atoms with Gasteiger partial charge in [-0.3, -0.25) is 14.3 Å². The number of rotatable bonds is 3. The number of nitrogens with zero attached hydrogens (tertiary/aromatic N) is 1. The zero-order valence-corrected chi connectivity index (χ0v) is 7.33. The molecule has 13 heavy (non-hydrogen) atoms. The van der Waals surface area contributed by atoms with E-state index in [9.17, 15) is 9.59 Å². The minimum Gasteiger partial charge on any atom is -0.310 e. The van der Waals surface area contributed by atoms with Gasteiger partial charge in [0.15, 0.2) is 0 Å². The zero-order valence-electron chi connectivity index (χ0n) is 7.33. The molecule has 0 aliphatic heterocycles. The van der Waals surface area contributed by atoms with Gasteiger partial charge >= 0.3 is 5.69 Å². The van der Waals surface area contributed by atoms with Gasteiger partial charge in [0.2, 0.25) is 0 Å². The van der Waals surface area contributed by atoms with Crippen molar-refractivity contribution in [2.24, 2.45) is 5.84 Å². The molecular weight excluding hydrogens is 172 g/mol. The highest BCUT2D eigenvalue weighted by Crippen LogP contribution is 1.97. The number of aromatic nitrogens is 2.